The van der Waals surface area contributed by atoms with Crippen LogP contribution in [0.3, 0.4) is 0 Å². The summed E-state index contributed by atoms with van der Waals surface area (Å²) in [4.78, 5) is 26.5. The van der Waals surface area contributed by atoms with Crippen molar-refractivity contribution in [2.24, 2.45) is 0 Å². The summed E-state index contributed by atoms with van der Waals surface area (Å²) in [6.07, 6.45) is 0.525. The predicted octanol–water partition coefficient (Wildman–Crippen LogP) is 2.57. The average molecular weight is 398 g/mol. The van der Waals surface area contributed by atoms with Crippen LogP contribution >= 0.6 is 0 Å². The normalized spacial score (nSPS) is 15.9. The van der Waals surface area contributed by atoms with Crippen LogP contribution in [-0.4, -0.2) is 45.2 Å². The number of carbonyl (C=O) groups excluding carboxylic acids is 2. The van der Waals surface area contributed by atoms with E-state index in [9.17, 15) is 9.59 Å². The molecule has 1 aliphatic heterocycles. The van der Waals surface area contributed by atoms with Crippen molar-refractivity contribution in [2.45, 2.75) is 25.8 Å². The van der Waals surface area contributed by atoms with E-state index in [1.807, 2.05) is 37.3 Å². The fourth-order valence-electron chi connectivity index (χ4n) is 3.38. The molecule has 1 fully saturated rings. The number of carbonyl (C=O) groups is 2. The summed E-state index contributed by atoms with van der Waals surface area (Å²) in [6, 6.07) is 12.6. The van der Waals surface area contributed by atoms with Gasteiger partial charge in [0.1, 0.15) is 5.75 Å². The number of ether oxygens (including phenoxy) is 3. The first-order chi connectivity index (χ1) is 14.0. The highest BCUT2D eigenvalue weighted by atomic mass is 16.5. The zero-order chi connectivity index (χ0) is 20.8. The topological polar surface area (TPSA) is 77.1 Å². The van der Waals surface area contributed by atoms with Crippen molar-refractivity contribution >= 4 is 17.5 Å². The largest absolute Gasteiger partial charge is 0.494 e. The lowest BCUT2D eigenvalue weighted by Crippen LogP contribution is -2.38. The molecule has 0 radical (unpaired) electrons. The quantitative estimate of drug-likeness (QED) is 0.740. The van der Waals surface area contributed by atoms with E-state index in [0.29, 0.717) is 24.7 Å². The van der Waals surface area contributed by atoms with Crippen LogP contribution in [0.4, 0.5) is 5.69 Å². The number of rotatable bonds is 8. The smallest absolute Gasteiger partial charge is 0.229 e. The van der Waals surface area contributed by atoms with E-state index in [4.69, 9.17) is 14.2 Å². The van der Waals surface area contributed by atoms with Crippen molar-refractivity contribution in [1.29, 1.82) is 0 Å². The Morgan fingerprint density at radius 1 is 1.10 bits per heavy atom. The monoisotopic (exact) mass is 398 g/mol. The minimum absolute atomic E-state index is 0.0383. The Bertz CT molecular complexity index is 866. The first-order valence-corrected chi connectivity index (χ1v) is 9.57. The highest BCUT2D eigenvalue weighted by Gasteiger charge is 2.32. The first kappa shape index (κ1) is 20.5. The Kier molecular flexibility index (Phi) is 6.59. The van der Waals surface area contributed by atoms with E-state index in [-0.39, 0.29) is 30.7 Å². The Hall–Kier alpha value is -3.22. The summed E-state index contributed by atoms with van der Waals surface area (Å²) in [7, 11) is 3.12. The van der Waals surface area contributed by atoms with Crippen molar-refractivity contribution in [3.8, 4) is 17.2 Å². The SMILES string of the molecule is CCOc1ccc(CC(=O)N[C@H]2CC(=O)N(c3ccc(OC)c(OC)c3)C2)cc1. The van der Waals surface area contributed by atoms with Gasteiger partial charge >= 0.3 is 0 Å². The lowest BCUT2D eigenvalue weighted by molar-refractivity contribution is -0.121. The molecule has 2 aromatic rings. The maximum atomic E-state index is 12.5. The molecule has 2 amide bonds. The van der Waals surface area contributed by atoms with E-state index >= 15 is 0 Å². The van der Waals surface area contributed by atoms with Crippen LogP contribution in [0.25, 0.3) is 0 Å². The van der Waals surface area contributed by atoms with Crippen molar-refractivity contribution in [3.63, 3.8) is 0 Å². The fourth-order valence-corrected chi connectivity index (χ4v) is 3.38. The molecule has 0 spiro atoms. The van der Waals surface area contributed by atoms with Crippen LogP contribution in [0.5, 0.6) is 17.2 Å². The number of nitrogens with zero attached hydrogens (tertiary/aromatic N) is 1. The van der Waals surface area contributed by atoms with Gasteiger partial charge in [-0.3, -0.25) is 9.59 Å². The summed E-state index contributed by atoms with van der Waals surface area (Å²) in [5.74, 6) is 1.79. The highest BCUT2D eigenvalue weighted by molar-refractivity contribution is 5.97. The van der Waals surface area contributed by atoms with Gasteiger partial charge in [-0.25, -0.2) is 0 Å². The standard InChI is InChI=1S/C22H26N2O5/c1-4-29-18-8-5-15(6-9-18)11-21(25)23-16-12-22(26)24(14-16)17-7-10-19(27-2)20(13-17)28-3/h5-10,13,16H,4,11-12,14H2,1-3H3,(H,23,25)/t16-/m0/s1. The highest BCUT2D eigenvalue weighted by Crippen LogP contribution is 2.33. The van der Waals surface area contributed by atoms with Gasteiger partial charge in [0.05, 0.1) is 33.3 Å². The van der Waals surface area contributed by atoms with Crippen LogP contribution in [0.2, 0.25) is 0 Å². The van der Waals surface area contributed by atoms with E-state index in [0.717, 1.165) is 17.0 Å². The van der Waals surface area contributed by atoms with E-state index in [2.05, 4.69) is 5.32 Å². The van der Waals surface area contributed by atoms with Gasteiger partial charge in [0.15, 0.2) is 11.5 Å². The molecule has 1 heterocycles. The molecule has 29 heavy (non-hydrogen) atoms. The first-order valence-electron chi connectivity index (χ1n) is 9.57. The minimum atomic E-state index is -0.231. The molecule has 2 aromatic carbocycles. The number of hydrogen-bond donors (Lipinski definition) is 1. The molecule has 1 saturated heterocycles. The second kappa shape index (κ2) is 9.32. The molecule has 0 aromatic heterocycles. The van der Waals surface area contributed by atoms with Gasteiger partial charge < -0.3 is 24.4 Å². The summed E-state index contributed by atoms with van der Waals surface area (Å²) >= 11 is 0. The fraction of sp³-hybridized carbons (Fsp3) is 0.364. The molecule has 0 saturated carbocycles. The van der Waals surface area contributed by atoms with Crippen molar-refractivity contribution < 1.29 is 23.8 Å². The molecule has 0 aliphatic carbocycles. The Balaban J connectivity index is 1.59. The van der Waals surface area contributed by atoms with E-state index in [1.165, 1.54) is 0 Å². The molecular weight excluding hydrogens is 372 g/mol. The van der Waals surface area contributed by atoms with Gasteiger partial charge in [-0.2, -0.15) is 0 Å². The summed E-state index contributed by atoms with van der Waals surface area (Å²) in [5.41, 5.74) is 1.61. The number of anilines is 1. The van der Waals surface area contributed by atoms with Crippen LogP contribution in [-0.2, 0) is 16.0 Å². The Morgan fingerprint density at radius 3 is 2.48 bits per heavy atom. The van der Waals surface area contributed by atoms with Gasteiger partial charge in [0.2, 0.25) is 11.8 Å². The summed E-state index contributed by atoms with van der Waals surface area (Å²) < 4.78 is 16.0. The molecule has 1 atom stereocenters. The zero-order valence-electron chi connectivity index (χ0n) is 16.9. The number of methoxy groups -OCH3 is 2. The number of nitrogens with one attached hydrogen (secondary N) is 1. The third kappa shape index (κ3) is 4.99. The number of amides is 2. The van der Waals surface area contributed by atoms with Crippen LogP contribution in [0.1, 0.15) is 18.9 Å². The second-order valence-electron chi connectivity index (χ2n) is 6.77. The van der Waals surface area contributed by atoms with Crippen molar-refractivity contribution in [3.05, 3.63) is 48.0 Å². The maximum Gasteiger partial charge on any atom is 0.229 e. The number of benzene rings is 2. The lowest BCUT2D eigenvalue weighted by Gasteiger charge is -2.19. The second-order valence-corrected chi connectivity index (χ2v) is 6.77. The molecule has 7 heteroatoms. The Morgan fingerprint density at radius 2 is 1.83 bits per heavy atom. The summed E-state index contributed by atoms with van der Waals surface area (Å²) in [6.45, 7) is 2.95. The van der Waals surface area contributed by atoms with Gasteiger partial charge in [0.25, 0.3) is 0 Å². The predicted molar refractivity (Wildman–Crippen MR) is 110 cm³/mol. The van der Waals surface area contributed by atoms with Gasteiger partial charge in [0, 0.05) is 24.7 Å². The lowest BCUT2D eigenvalue weighted by atomic mass is 10.1. The van der Waals surface area contributed by atoms with Gasteiger partial charge in [-0.05, 0) is 36.8 Å². The van der Waals surface area contributed by atoms with E-state index < -0.39 is 0 Å². The molecule has 0 unspecified atom stereocenters. The average Bonchev–Trinajstić information content (AvgIpc) is 3.08. The Labute approximate surface area is 170 Å². The third-order valence-corrected chi connectivity index (χ3v) is 4.77. The summed E-state index contributed by atoms with van der Waals surface area (Å²) in [5, 5.41) is 2.96. The third-order valence-electron chi connectivity index (χ3n) is 4.77. The van der Waals surface area contributed by atoms with Crippen LogP contribution < -0.4 is 24.4 Å². The molecule has 0 bridgehead atoms. The molecule has 3 rings (SSSR count). The molecule has 154 valence electrons. The van der Waals surface area contributed by atoms with Gasteiger partial charge in [-0.1, -0.05) is 12.1 Å². The molecule has 1 N–H and O–H groups in total. The zero-order valence-corrected chi connectivity index (χ0v) is 16.9. The molecule has 7 nitrogen and oxygen atoms in total. The number of hydrogen-bond acceptors (Lipinski definition) is 5. The molecular formula is C22H26N2O5. The van der Waals surface area contributed by atoms with Crippen LogP contribution in [0, 0.1) is 0 Å². The maximum absolute atomic E-state index is 12.5. The van der Waals surface area contributed by atoms with Gasteiger partial charge in [-0.15, -0.1) is 0 Å². The van der Waals surface area contributed by atoms with Crippen LogP contribution in [0.15, 0.2) is 42.5 Å². The van der Waals surface area contributed by atoms with Crippen molar-refractivity contribution in [2.75, 3.05) is 32.3 Å². The van der Waals surface area contributed by atoms with E-state index in [1.54, 1.807) is 31.3 Å². The van der Waals surface area contributed by atoms with Crippen molar-refractivity contribution in [1.82, 2.24) is 5.32 Å². The molecule has 1 aliphatic rings. The minimum Gasteiger partial charge on any atom is -0.494 e.